The lowest BCUT2D eigenvalue weighted by Gasteiger charge is -2.09. The molecule has 21 heavy (non-hydrogen) atoms. The number of carbonyl (C=O) groups excluding carboxylic acids is 1. The van der Waals surface area contributed by atoms with E-state index in [9.17, 15) is 4.79 Å². The number of hydrogen-bond donors (Lipinski definition) is 4. The Labute approximate surface area is 122 Å². The number of benzene rings is 2. The van der Waals surface area contributed by atoms with Crippen molar-refractivity contribution in [2.45, 2.75) is 0 Å². The molecule has 0 saturated carbocycles. The Balaban J connectivity index is 1.99. The van der Waals surface area contributed by atoms with E-state index in [-0.39, 0.29) is 0 Å². The largest absolute Gasteiger partial charge is 0.497 e. The summed E-state index contributed by atoms with van der Waals surface area (Å²) >= 11 is 0. The fraction of sp³-hybridized carbons (Fsp3) is 0.0714. The summed E-state index contributed by atoms with van der Waals surface area (Å²) in [5, 5.41) is 23.4. The summed E-state index contributed by atoms with van der Waals surface area (Å²) < 4.78 is 5.03. The Hall–Kier alpha value is -2.51. The fourth-order valence-corrected chi connectivity index (χ4v) is 1.74. The average molecular weight is 286 g/mol. The third-order valence-corrected chi connectivity index (χ3v) is 2.79. The maximum absolute atomic E-state index is 11.8. The van der Waals surface area contributed by atoms with E-state index in [0.29, 0.717) is 22.6 Å². The van der Waals surface area contributed by atoms with Crippen LogP contribution in [0.25, 0.3) is 0 Å². The molecule has 0 aliphatic carbocycles. The molecule has 2 rings (SSSR count). The van der Waals surface area contributed by atoms with Crippen LogP contribution in [0.1, 0.15) is 0 Å². The molecule has 0 atom stereocenters. The highest BCUT2D eigenvalue weighted by molar-refractivity contribution is 6.58. The monoisotopic (exact) mass is 286 g/mol. The molecule has 0 fully saturated rings. The second kappa shape index (κ2) is 6.78. The number of hydrogen-bond acceptors (Lipinski definition) is 4. The Morgan fingerprint density at radius 1 is 1.05 bits per heavy atom. The van der Waals surface area contributed by atoms with Crippen LogP contribution < -0.4 is 20.8 Å². The van der Waals surface area contributed by atoms with Crippen molar-refractivity contribution in [2.75, 3.05) is 17.7 Å². The summed E-state index contributed by atoms with van der Waals surface area (Å²) in [5.41, 5.74) is 1.38. The van der Waals surface area contributed by atoms with Gasteiger partial charge >= 0.3 is 13.1 Å². The minimum absolute atomic E-state index is 0.303. The second-order valence-electron chi connectivity index (χ2n) is 4.31. The van der Waals surface area contributed by atoms with E-state index in [0.717, 1.165) is 0 Å². The molecule has 0 radical (unpaired) electrons. The van der Waals surface area contributed by atoms with Crippen LogP contribution in [0.3, 0.4) is 0 Å². The van der Waals surface area contributed by atoms with E-state index in [1.54, 1.807) is 49.6 Å². The highest BCUT2D eigenvalue weighted by Gasteiger charge is 2.11. The molecular formula is C14H15BN2O4. The summed E-state index contributed by atoms with van der Waals surface area (Å²) in [6, 6.07) is 12.8. The van der Waals surface area contributed by atoms with Gasteiger partial charge in [-0.2, -0.15) is 0 Å². The fourth-order valence-electron chi connectivity index (χ4n) is 1.74. The molecule has 108 valence electrons. The maximum Gasteiger partial charge on any atom is 0.488 e. The molecule has 0 spiro atoms. The topological polar surface area (TPSA) is 90.8 Å². The first-order valence-electron chi connectivity index (χ1n) is 6.26. The van der Waals surface area contributed by atoms with Crippen LogP contribution >= 0.6 is 0 Å². The van der Waals surface area contributed by atoms with Crippen LogP contribution in [0.2, 0.25) is 0 Å². The van der Waals surface area contributed by atoms with Crippen LogP contribution in [-0.4, -0.2) is 30.3 Å². The number of rotatable bonds is 4. The van der Waals surface area contributed by atoms with Crippen molar-refractivity contribution in [1.82, 2.24) is 0 Å². The van der Waals surface area contributed by atoms with Gasteiger partial charge in [-0.1, -0.05) is 12.1 Å². The van der Waals surface area contributed by atoms with Crippen molar-refractivity contribution >= 4 is 30.0 Å². The zero-order valence-electron chi connectivity index (χ0n) is 11.4. The Morgan fingerprint density at radius 3 is 2.33 bits per heavy atom. The standard InChI is InChI=1S/C14H15BN2O4/c1-21-13-7-5-11(6-8-13)16-14(18)17-12-4-2-3-10(9-12)15(19)20/h2-9,19-20H,1H3,(H2,16,17,18). The van der Waals surface area contributed by atoms with Gasteiger partial charge in [0, 0.05) is 11.4 Å². The molecule has 0 unspecified atom stereocenters. The van der Waals surface area contributed by atoms with Crippen LogP contribution in [-0.2, 0) is 0 Å². The predicted molar refractivity (Wildman–Crippen MR) is 81.9 cm³/mol. The number of methoxy groups -OCH3 is 1. The number of carbonyl (C=O) groups is 1. The lowest BCUT2D eigenvalue weighted by Crippen LogP contribution is -2.30. The normalized spacial score (nSPS) is 9.86. The smallest absolute Gasteiger partial charge is 0.488 e. The molecule has 4 N–H and O–H groups in total. The summed E-state index contributed by atoms with van der Waals surface area (Å²) in [6.07, 6.45) is 0. The first kappa shape index (κ1) is 14.9. The van der Waals surface area contributed by atoms with Gasteiger partial charge in [-0.05, 0) is 41.9 Å². The van der Waals surface area contributed by atoms with E-state index in [4.69, 9.17) is 14.8 Å². The lowest BCUT2D eigenvalue weighted by molar-refractivity contribution is 0.262. The van der Waals surface area contributed by atoms with Crippen molar-refractivity contribution in [1.29, 1.82) is 0 Å². The van der Waals surface area contributed by atoms with Gasteiger partial charge in [0.05, 0.1) is 7.11 Å². The number of anilines is 2. The number of amides is 2. The van der Waals surface area contributed by atoms with Gasteiger partial charge in [0.15, 0.2) is 0 Å². The van der Waals surface area contributed by atoms with Gasteiger partial charge in [-0.15, -0.1) is 0 Å². The molecule has 2 aromatic carbocycles. The number of urea groups is 1. The van der Waals surface area contributed by atoms with E-state index >= 15 is 0 Å². The minimum Gasteiger partial charge on any atom is -0.497 e. The average Bonchev–Trinajstić information content (AvgIpc) is 2.48. The predicted octanol–water partition coefficient (Wildman–Crippen LogP) is 1.02. The van der Waals surface area contributed by atoms with Crippen LogP contribution in [0, 0.1) is 0 Å². The van der Waals surface area contributed by atoms with Gasteiger partial charge in [0.1, 0.15) is 5.75 Å². The van der Waals surface area contributed by atoms with Gasteiger partial charge < -0.3 is 25.4 Å². The highest BCUT2D eigenvalue weighted by Crippen LogP contribution is 2.15. The Bertz CT molecular complexity index is 617. The van der Waals surface area contributed by atoms with Gasteiger partial charge in [-0.3, -0.25) is 0 Å². The van der Waals surface area contributed by atoms with Gasteiger partial charge in [0.25, 0.3) is 0 Å². The first-order valence-corrected chi connectivity index (χ1v) is 6.26. The zero-order valence-corrected chi connectivity index (χ0v) is 11.4. The third kappa shape index (κ3) is 4.23. The van der Waals surface area contributed by atoms with Gasteiger partial charge in [-0.25, -0.2) is 4.79 Å². The highest BCUT2D eigenvalue weighted by atomic mass is 16.5. The summed E-state index contributed by atoms with van der Waals surface area (Å²) in [4.78, 5) is 11.8. The van der Waals surface area contributed by atoms with Crippen molar-refractivity contribution in [3.05, 3.63) is 48.5 Å². The number of nitrogens with one attached hydrogen (secondary N) is 2. The lowest BCUT2D eigenvalue weighted by atomic mass is 9.80. The SMILES string of the molecule is COc1ccc(NC(=O)Nc2cccc(B(O)O)c2)cc1. The third-order valence-electron chi connectivity index (χ3n) is 2.79. The molecule has 2 amide bonds. The van der Waals surface area contributed by atoms with Gasteiger partial charge in [0.2, 0.25) is 0 Å². The molecule has 6 nitrogen and oxygen atoms in total. The molecule has 0 heterocycles. The number of ether oxygens (including phenoxy) is 1. The molecule has 0 bridgehead atoms. The summed E-state index contributed by atoms with van der Waals surface area (Å²) in [5.74, 6) is 0.700. The molecular weight excluding hydrogens is 271 g/mol. The van der Waals surface area contributed by atoms with Crippen LogP contribution in [0.4, 0.5) is 16.2 Å². The Kier molecular flexibility index (Phi) is 4.81. The van der Waals surface area contributed by atoms with E-state index in [1.165, 1.54) is 6.07 Å². The molecule has 0 aromatic heterocycles. The summed E-state index contributed by atoms with van der Waals surface area (Å²) in [6.45, 7) is 0. The van der Waals surface area contributed by atoms with Crippen LogP contribution in [0.5, 0.6) is 5.75 Å². The van der Waals surface area contributed by atoms with E-state index < -0.39 is 13.1 Å². The van der Waals surface area contributed by atoms with Crippen molar-refractivity contribution in [2.24, 2.45) is 0 Å². The first-order chi connectivity index (χ1) is 10.1. The zero-order chi connectivity index (χ0) is 15.2. The van der Waals surface area contributed by atoms with Crippen molar-refractivity contribution < 1.29 is 19.6 Å². The second-order valence-corrected chi connectivity index (χ2v) is 4.31. The molecule has 7 heteroatoms. The minimum atomic E-state index is -1.57. The van der Waals surface area contributed by atoms with Crippen molar-refractivity contribution in [3.8, 4) is 5.75 Å². The van der Waals surface area contributed by atoms with Crippen molar-refractivity contribution in [3.63, 3.8) is 0 Å². The van der Waals surface area contributed by atoms with Crippen LogP contribution in [0.15, 0.2) is 48.5 Å². The molecule has 0 aliphatic rings. The molecule has 0 aliphatic heterocycles. The maximum atomic E-state index is 11.8. The Morgan fingerprint density at radius 2 is 1.71 bits per heavy atom. The van der Waals surface area contributed by atoms with E-state index in [2.05, 4.69) is 10.6 Å². The summed E-state index contributed by atoms with van der Waals surface area (Å²) in [7, 11) is -0.00560. The van der Waals surface area contributed by atoms with E-state index in [1.807, 2.05) is 0 Å². The quantitative estimate of drug-likeness (QED) is 0.632. The molecule has 0 saturated heterocycles. The molecule has 2 aromatic rings.